The molecule has 0 aromatic heterocycles. The van der Waals surface area contributed by atoms with Crippen molar-refractivity contribution in [3.63, 3.8) is 0 Å². The lowest BCUT2D eigenvalue weighted by Crippen LogP contribution is -2.13. The number of unbranched alkanes of at least 4 members (excludes halogenated alkanes) is 2. The van der Waals surface area contributed by atoms with Crippen molar-refractivity contribution >= 4 is 5.97 Å². The molecule has 1 N–H and O–H groups in total. The maximum Gasteiger partial charge on any atom is 0.333 e. The Hall–Kier alpha value is -2.39. The van der Waals surface area contributed by atoms with Crippen LogP contribution in [0.4, 0.5) is 0 Å². The quantitative estimate of drug-likeness (QED) is 0.180. The maximum atomic E-state index is 11.6. The van der Waals surface area contributed by atoms with Gasteiger partial charge in [-0.05, 0) is 85.5 Å². The molecule has 3 heteroatoms. The van der Waals surface area contributed by atoms with E-state index >= 15 is 0 Å². The molecule has 0 amide bonds. The van der Waals surface area contributed by atoms with Crippen molar-refractivity contribution in [1.82, 2.24) is 0 Å². The number of carbonyl (C=O) groups excluding carboxylic acids is 1. The lowest BCUT2D eigenvalue weighted by atomic mass is 9.77. The van der Waals surface area contributed by atoms with Crippen LogP contribution >= 0.6 is 0 Å². The van der Waals surface area contributed by atoms with Gasteiger partial charge in [0, 0.05) is 12.2 Å². The molecule has 0 bridgehead atoms. The van der Waals surface area contributed by atoms with Gasteiger partial charge >= 0.3 is 5.97 Å². The minimum atomic E-state index is -0.355. The average Bonchev–Trinajstić information content (AvgIpc) is 2.89. The highest BCUT2D eigenvalue weighted by molar-refractivity contribution is 5.86. The fourth-order valence-corrected chi connectivity index (χ4v) is 5.41. The molecule has 1 aliphatic carbocycles. The SMILES string of the molecule is C=C(C)C(=O)OCCC(CCO)c1ccc(-c2ccc(C3CCC(CCCCC)CC3)cc2)cc1. The molecule has 2 aromatic rings. The van der Waals surface area contributed by atoms with Gasteiger partial charge in [-0.2, -0.15) is 0 Å². The Labute approximate surface area is 212 Å². The summed E-state index contributed by atoms with van der Waals surface area (Å²) < 4.78 is 5.26. The third-order valence-electron chi connectivity index (χ3n) is 7.69. The summed E-state index contributed by atoms with van der Waals surface area (Å²) in [6, 6.07) is 17.8. The van der Waals surface area contributed by atoms with Gasteiger partial charge in [0.25, 0.3) is 0 Å². The first-order valence-electron chi connectivity index (χ1n) is 13.7. The minimum Gasteiger partial charge on any atom is -0.462 e. The smallest absolute Gasteiger partial charge is 0.333 e. The number of benzene rings is 2. The van der Waals surface area contributed by atoms with Crippen molar-refractivity contribution in [1.29, 1.82) is 0 Å². The molecule has 35 heavy (non-hydrogen) atoms. The maximum absolute atomic E-state index is 11.6. The predicted molar refractivity (Wildman–Crippen MR) is 146 cm³/mol. The van der Waals surface area contributed by atoms with Crippen LogP contribution in [0.15, 0.2) is 60.7 Å². The number of ether oxygens (including phenoxy) is 1. The summed E-state index contributed by atoms with van der Waals surface area (Å²) in [5, 5.41) is 9.50. The van der Waals surface area contributed by atoms with Crippen LogP contribution < -0.4 is 0 Å². The van der Waals surface area contributed by atoms with E-state index in [9.17, 15) is 9.90 Å². The van der Waals surface area contributed by atoms with E-state index in [1.807, 2.05) is 0 Å². The predicted octanol–water partition coefficient (Wildman–Crippen LogP) is 8.18. The Balaban J connectivity index is 1.55. The first kappa shape index (κ1) is 27.2. The van der Waals surface area contributed by atoms with Crippen molar-refractivity contribution in [3.8, 4) is 11.1 Å². The van der Waals surface area contributed by atoms with Gasteiger partial charge < -0.3 is 9.84 Å². The molecule has 190 valence electrons. The molecule has 3 rings (SSSR count). The zero-order valence-corrected chi connectivity index (χ0v) is 21.8. The van der Waals surface area contributed by atoms with Gasteiger partial charge in [-0.1, -0.05) is 87.7 Å². The monoisotopic (exact) mass is 476 g/mol. The average molecular weight is 477 g/mol. The molecule has 2 aromatic carbocycles. The van der Waals surface area contributed by atoms with E-state index in [1.54, 1.807) is 6.92 Å². The molecule has 1 fully saturated rings. The summed E-state index contributed by atoms with van der Waals surface area (Å²) in [7, 11) is 0. The first-order valence-corrected chi connectivity index (χ1v) is 13.7. The van der Waals surface area contributed by atoms with Gasteiger partial charge in [0.05, 0.1) is 6.61 Å². The molecular formula is C32H44O3. The highest BCUT2D eigenvalue weighted by atomic mass is 16.5. The van der Waals surface area contributed by atoms with Crippen LogP contribution in [0.5, 0.6) is 0 Å². The Bertz CT molecular complexity index is 905. The number of hydrogen-bond acceptors (Lipinski definition) is 3. The van der Waals surface area contributed by atoms with Gasteiger partial charge in [-0.25, -0.2) is 4.79 Å². The van der Waals surface area contributed by atoms with Crippen LogP contribution in [-0.2, 0) is 9.53 Å². The fourth-order valence-electron chi connectivity index (χ4n) is 5.41. The number of hydrogen-bond donors (Lipinski definition) is 1. The van der Waals surface area contributed by atoms with Crippen LogP contribution in [-0.4, -0.2) is 24.3 Å². The minimum absolute atomic E-state index is 0.114. The Morgan fingerprint density at radius 2 is 1.60 bits per heavy atom. The second-order valence-corrected chi connectivity index (χ2v) is 10.4. The van der Waals surface area contributed by atoms with Crippen molar-refractivity contribution in [2.75, 3.05) is 13.2 Å². The normalized spacial score (nSPS) is 18.7. The Morgan fingerprint density at radius 1 is 0.971 bits per heavy atom. The van der Waals surface area contributed by atoms with Gasteiger partial charge in [-0.3, -0.25) is 0 Å². The molecular weight excluding hydrogens is 432 g/mol. The van der Waals surface area contributed by atoms with Gasteiger partial charge in [0.15, 0.2) is 0 Å². The fraction of sp³-hybridized carbons (Fsp3) is 0.531. The second kappa shape index (κ2) is 14.2. The number of aliphatic hydroxyl groups excluding tert-OH is 1. The molecule has 1 aliphatic rings. The van der Waals surface area contributed by atoms with Gasteiger partial charge in [-0.15, -0.1) is 0 Å². The number of esters is 1. The molecule has 0 saturated heterocycles. The summed E-state index contributed by atoms with van der Waals surface area (Å²) in [5.74, 6) is 1.47. The molecule has 0 radical (unpaired) electrons. The molecule has 0 aliphatic heterocycles. The lowest BCUT2D eigenvalue weighted by molar-refractivity contribution is -0.139. The summed E-state index contributed by atoms with van der Waals surface area (Å²) in [6.07, 6.45) is 12.3. The summed E-state index contributed by atoms with van der Waals surface area (Å²) in [5.41, 5.74) is 5.51. The third-order valence-corrected chi connectivity index (χ3v) is 7.69. The Morgan fingerprint density at radius 3 is 2.17 bits per heavy atom. The van der Waals surface area contributed by atoms with Gasteiger partial charge in [0.2, 0.25) is 0 Å². The van der Waals surface area contributed by atoms with Crippen molar-refractivity contribution in [2.24, 2.45) is 5.92 Å². The lowest BCUT2D eigenvalue weighted by Gasteiger charge is -2.29. The van der Waals surface area contributed by atoms with Crippen molar-refractivity contribution in [3.05, 3.63) is 71.8 Å². The van der Waals surface area contributed by atoms with Gasteiger partial charge in [0.1, 0.15) is 0 Å². The van der Waals surface area contributed by atoms with E-state index < -0.39 is 0 Å². The summed E-state index contributed by atoms with van der Waals surface area (Å²) >= 11 is 0. The van der Waals surface area contributed by atoms with E-state index in [1.165, 1.54) is 73.6 Å². The van der Waals surface area contributed by atoms with E-state index in [4.69, 9.17) is 4.74 Å². The second-order valence-electron chi connectivity index (χ2n) is 10.4. The van der Waals surface area contributed by atoms with Crippen LogP contribution in [0.25, 0.3) is 11.1 Å². The van der Waals surface area contributed by atoms with Crippen molar-refractivity contribution in [2.45, 2.75) is 89.9 Å². The van der Waals surface area contributed by atoms with Crippen LogP contribution in [0, 0.1) is 5.92 Å². The molecule has 0 spiro atoms. The van der Waals surface area contributed by atoms with Crippen LogP contribution in [0.1, 0.15) is 101 Å². The highest BCUT2D eigenvalue weighted by Gasteiger charge is 2.22. The largest absolute Gasteiger partial charge is 0.462 e. The molecule has 0 heterocycles. The van der Waals surface area contributed by atoms with E-state index in [-0.39, 0.29) is 18.5 Å². The summed E-state index contributed by atoms with van der Waals surface area (Å²) in [4.78, 5) is 11.6. The number of rotatable bonds is 13. The topological polar surface area (TPSA) is 46.5 Å². The van der Waals surface area contributed by atoms with E-state index in [2.05, 4.69) is 62.0 Å². The van der Waals surface area contributed by atoms with E-state index in [0.29, 0.717) is 30.9 Å². The van der Waals surface area contributed by atoms with Crippen molar-refractivity contribution < 1.29 is 14.6 Å². The molecule has 1 saturated carbocycles. The summed E-state index contributed by atoms with van der Waals surface area (Å²) in [6.45, 7) is 8.01. The standard InChI is InChI=1S/C32H44O3/c1-4-5-6-7-25-8-10-26(11-9-25)27-12-14-28(15-13-27)29-16-18-30(19-17-29)31(20-22-33)21-23-35-32(34)24(2)3/h12-19,25-26,31,33H,2,4-11,20-23H2,1,3H3. The molecule has 3 nitrogen and oxygen atoms in total. The number of carbonyl (C=O) groups is 1. The number of aliphatic hydroxyl groups is 1. The Kier molecular flexibility index (Phi) is 11.1. The van der Waals surface area contributed by atoms with Crippen LogP contribution in [0.3, 0.4) is 0 Å². The molecule has 1 unspecified atom stereocenters. The zero-order valence-electron chi connectivity index (χ0n) is 21.8. The molecule has 1 atom stereocenters. The zero-order chi connectivity index (χ0) is 25.0. The highest BCUT2D eigenvalue weighted by Crippen LogP contribution is 2.38. The first-order chi connectivity index (χ1) is 17.0. The third kappa shape index (κ3) is 8.35. The van der Waals surface area contributed by atoms with E-state index in [0.717, 1.165) is 5.92 Å². The van der Waals surface area contributed by atoms with Crippen LogP contribution in [0.2, 0.25) is 0 Å².